The number of carbonyl (C=O) groups is 2. The fourth-order valence-corrected chi connectivity index (χ4v) is 2.50. The van der Waals surface area contributed by atoms with Crippen LogP contribution in [-0.4, -0.2) is 32.1 Å². The molecule has 0 unspecified atom stereocenters. The van der Waals surface area contributed by atoms with E-state index in [1.165, 1.54) is 26.2 Å². The summed E-state index contributed by atoms with van der Waals surface area (Å²) in [7, 11) is 1.37. The molecule has 0 saturated heterocycles. The Morgan fingerprint density at radius 1 is 1.10 bits per heavy atom. The van der Waals surface area contributed by atoms with Gasteiger partial charge in [0.2, 0.25) is 11.8 Å². The first-order chi connectivity index (χ1) is 13.9. The molecular weight excluding hydrogens is 382 g/mol. The number of halogens is 2. The minimum absolute atomic E-state index is 0.0391. The molecular formula is C21H22F2N2O4. The molecule has 2 N–H and O–H groups in total. The normalized spacial score (nSPS) is 10.8. The van der Waals surface area contributed by atoms with Gasteiger partial charge in [-0.2, -0.15) is 8.78 Å². The lowest BCUT2D eigenvalue weighted by Gasteiger charge is -2.11. The number of rotatable bonds is 9. The number of carbonyl (C=O) groups excluding carboxylic acids is 2. The maximum absolute atomic E-state index is 12.3. The predicted octanol–water partition coefficient (Wildman–Crippen LogP) is 3.63. The van der Waals surface area contributed by atoms with Crippen LogP contribution in [0.1, 0.15) is 18.1 Å². The van der Waals surface area contributed by atoms with Crippen LogP contribution < -0.4 is 20.1 Å². The van der Waals surface area contributed by atoms with Crippen molar-refractivity contribution in [3.05, 3.63) is 59.7 Å². The summed E-state index contributed by atoms with van der Waals surface area (Å²) < 4.78 is 34.1. The number of benzene rings is 2. The first-order valence-corrected chi connectivity index (χ1v) is 8.82. The third-order valence-electron chi connectivity index (χ3n) is 3.82. The largest absolute Gasteiger partial charge is 0.493 e. The Bertz CT molecular complexity index is 867. The van der Waals surface area contributed by atoms with Crippen molar-refractivity contribution in [2.45, 2.75) is 20.0 Å². The van der Waals surface area contributed by atoms with Crippen LogP contribution in [0.5, 0.6) is 11.5 Å². The average molecular weight is 404 g/mol. The molecule has 0 radical (unpaired) electrons. The van der Waals surface area contributed by atoms with Crippen LogP contribution in [0.3, 0.4) is 0 Å². The topological polar surface area (TPSA) is 76.7 Å². The summed E-state index contributed by atoms with van der Waals surface area (Å²) >= 11 is 0. The van der Waals surface area contributed by atoms with Crippen LogP contribution in [0, 0.1) is 0 Å². The van der Waals surface area contributed by atoms with Gasteiger partial charge in [-0.05, 0) is 47.9 Å². The van der Waals surface area contributed by atoms with Crippen molar-refractivity contribution >= 4 is 23.6 Å². The Hall–Kier alpha value is -3.42. The number of methoxy groups -OCH3 is 1. The molecule has 0 fully saturated rings. The van der Waals surface area contributed by atoms with Crippen molar-refractivity contribution in [1.82, 2.24) is 5.32 Å². The van der Waals surface area contributed by atoms with Gasteiger partial charge in [-0.1, -0.05) is 18.2 Å². The summed E-state index contributed by atoms with van der Waals surface area (Å²) in [6.45, 7) is -1.13. The molecule has 0 spiro atoms. The molecule has 0 bridgehead atoms. The lowest BCUT2D eigenvalue weighted by molar-refractivity contribution is -0.116. The molecule has 154 valence electrons. The van der Waals surface area contributed by atoms with Gasteiger partial charge in [0.25, 0.3) is 0 Å². The number of hydrogen-bond donors (Lipinski definition) is 2. The Morgan fingerprint density at radius 3 is 2.45 bits per heavy atom. The molecule has 0 aliphatic carbocycles. The third kappa shape index (κ3) is 7.61. The van der Waals surface area contributed by atoms with Crippen LogP contribution in [0.2, 0.25) is 0 Å². The molecule has 0 atom stereocenters. The van der Waals surface area contributed by atoms with E-state index in [1.807, 2.05) is 0 Å². The van der Waals surface area contributed by atoms with Crippen LogP contribution in [0.4, 0.5) is 14.5 Å². The average Bonchev–Trinajstić information content (AvgIpc) is 2.67. The van der Waals surface area contributed by atoms with E-state index in [4.69, 9.17) is 4.74 Å². The summed E-state index contributed by atoms with van der Waals surface area (Å²) in [4.78, 5) is 22.9. The van der Waals surface area contributed by atoms with E-state index in [1.54, 1.807) is 42.5 Å². The van der Waals surface area contributed by atoms with E-state index in [0.717, 1.165) is 11.1 Å². The van der Waals surface area contributed by atoms with Crippen LogP contribution in [0.25, 0.3) is 6.08 Å². The van der Waals surface area contributed by atoms with Crippen molar-refractivity contribution in [1.29, 1.82) is 0 Å². The van der Waals surface area contributed by atoms with E-state index >= 15 is 0 Å². The summed E-state index contributed by atoms with van der Waals surface area (Å²) in [5, 5.41) is 5.41. The second-order valence-corrected chi connectivity index (χ2v) is 6.04. The van der Waals surface area contributed by atoms with Gasteiger partial charge >= 0.3 is 6.61 Å². The summed E-state index contributed by atoms with van der Waals surface area (Å²) in [5.41, 5.74) is 2.30. The minimum Gasteiger partial charge on any atom is -0.493 e. The monoisotopic (exact) mass is 404 g/mol. The number of nitrogens with one attached hydrogen (secondary N) is 2. The molecule has 2 rings (SSSR count). The lowest BCUT2D eigenvalue weighted by Crippen LogP contribution is -2.23. The molecule has 6 nitrogen and oxygen atoms in total. The number of amides is 2. The number of hydrogen-bond acceptors (Lipinski definition) is 4. The molecule has 2 aromatic carbocycles. The Morgan fingerprint density at radius 2 is 1.83 bits per heavy atom. The van der Waals surface area contributed by atoms with E-state index in [9.17, 15) is 18.4 Å². The zero-order valence-corrected chi connectivity index (χ0v) is 16.1. The summed E-state index contributed by atoms with van der Waals surface area (Å²) in [6.07, 6.45) is 3.57. The quantitative estimate of drug-likeness (QED) is 0.626. The Labute approximate surface area is 167 Å². The van der Waals surface area contributed by atoms with Gasteiger partial charge in [-0.25, -0.2) is 0 Å². The van der Waals surface area contributed by atoms with Gasteiger partial charge in [0.05, 0.1) is 7.11 Å². The second-order valence-electron chi connectivity index (χ2n) is 6.04. The van der Waals surface area contributed by atoms with Crippen molar-refractivity contribution in [2.24, 2.45) is 0 Å². The first-order valence-electron chi connectivity index (χ1n) is 8.82. The van der Waals surface area contributed by atoms with Crippen molar-refractivity contribution in [3.63, 3.8) is 0 Å². The molecule has 0 aliphatic rings. The van der Waals surface area contributed by atoms with Gasteiger partial charge in [-0.3, -0.25) is 9.59 Å². The highest BCUT2D eigenvalue weighted by Crippen LogP contribution is 2.29. The van der Waals surface area contributed by atoms with Crippen molar-refractivity contribution in [3.8, 4) is 11.5 Å². The number of ether oxygens (including phenoxy) is 2. The zero-order valence-electron chi connectivity index (χ0n) is 16.1. The second kappa shape index (κ2) is 10.8. The van der Waals surface area contributed by atoms with Gasteiger partial charge in [0.1, 0.15) is 0 Å². The van der Waals surface area contributed by atoms with E-state index in [2.05, 4.69) is 15.4 Å². The third-order valence-corrected chi connectivity index (χ3v) is 3.82. The lowest BCUT2D eigenvalue weighted by atomic mass is 10.1. The highest BCUT2D eigenvalue weighted by molar-refractivity contribution is 5.92. The van der Waals surface area contributed by atoms with Crippen LogP contribution in [0.15, 0.2) is 48.5 Å². The first kappa shape index (κ1) is 21.9. The smallest absolute Gasteiger partial charge is 0.387 e. The summed E-state index contributed by atoms with van der Waals surface area (Å²) in [5.74, 6) is -0.249. The summed E-state index contributed by atoms with van der Waals surface area (Å²) in [6, 6.07) is 11.7. The molecule has 0 heterocycles. The fourth-order valence-electron chi connectivity index (χ4n) is 2.50. The molecule has 0 aliphatic heterocycles. The zero-order chi connectivity index (χ0) is 21.2. The molecule has 2 amide bonds. The molecule has 0 aromatic heterocycles. The Balaban J connectivity index is 1.83. The number of alkyl halides is 2. The predicted molar refractivity (Wildman–Crippen MR) is 106 cm³/mol. The highest BCUT2D eigenvalue weighted by Gasteiger charge is 2.11. The fraction of sp³-hybridized carbons (Fsp3) is 0.238. The molecule has 2 aromatic rings. The van der Waals surface area contributed by atoms with Gasteiger partial charge < -0.3 is 20.1 Å². The van der Waals surface area contributed by atoms with Gasteiger partial charge in [-0.15, -0.1) is 0 Å². The minimum atomic E-state index is -2.93. The van der Waals surface area contributed by atoms with E-state index in [0.29, 0.717) is 18.7 Å². The van der Waals surface area contributed by atoms with E-state index < -0.39 is 6.61 Å². The van der Waals surface area contributed by atoms with Crippen molar-refractivity contribution < 1.29 is 27.8 Å². The SMILES string of the molecule is COc1cc(CCNC(=O)/C=C/c2ccc(NC(C)=O)cc2)ccc1OC(F)F. The maximum atomic E-state index is 12.3. The van der Waals surface area contributed by atoms with Crippen molar-refractivity contribution in [2.75, 3.05) is 19.0 Å². The molecule has 0 saturated carbocycles. The Kier molecular flexibility index (Phi) is 8.14. The molecule has 29 heavy (non-hydrogen) atoms. The van der Waals surface area contributed by atoms with Gasteiger partial charge in [0.15, 0.2) is 11.5 Å². The van der Waals surface area contributed by atoms with Gasteiger partial charge in [0, 0.05) is 25.2 Å². The van der Waals surface area contributed by atoms with Crippen LogP contribution >= 0.6 is 0 Å². The number of anilines is 1. The van der Waals surface area contributed by atoms with Crippen LogP contribution in [-0.2, 0) is 16.0 Å². The maximum Gasteiger partial charge on any atom is 0.387 e. The van der Waals surface area contributed by atoms with E-state index in [-0.39, 0.29) is 23.3 Å². The molecule has 8 heteroatoms. The standard InChI is InChI=1S/C21H22F2N2O4/c1-14(26)25-17-7-3-15(4-8-17)6-10-20(27)24-12-11-16-5-9-18(29-21(22)23)19(13-16)28-2/h3-10,13,21H,11-12H2,1-2H3,(H,24,27)(H,25,26)/b10-6+. The highest BCUT2D eigenvalue weighted by atomic mass is 19.3.